The summed E-state index contributed by atoms with van der Waals surface area (Å²) >= 11 is 0. The lowest BCUT2D eigenvalue weighted by atomic mass is 9.88. The Labute approximate surface area is 192 Å². The van der Waals surface area contributed by atoms with Crippen molar-refractivity contribution in [3.8, 4) is 0 Å². The molecule has 5 heterocycles. The summed E-state index contributed by atoms with van der Waals surface area (Å²) in [7, 11) is 0. The van der Waals surface area contributed by atoms with Crippen LogP contribution in [0, 0.1) is 0 Å². The van der Waals surface area contributed by atoms with Gasteiger partial charge in [0.1, 0.15) is 6.23 Å². The second kappa shape index (κ2) is 5.43. The van der Waals surface area contributed by atoms with Crippen LogP contribution in [0.15, 0.2) is 48.5 Å². The van der Waals surface area contributed by atoms with Crippen LogP contribution in [-0.4, -0.2) is 31.7 Å². The lowest BCUT2D eigenvalue weighted by Crippen LogP contribution is -2.58. The summed E-state index contributed by atoms with van der Waals surface area (Å²) in [4.78, 5) is 25.9. The van der Waals surface area contributed by atoms with Gasteiger partial charge in [-0.3, -0.25) is 9.59 Å². The number of ether oxygens (including phenoxy) is 1. The molecule has 8 nitrogen and oxygen atoms in total. The molecular weight excluding hydrogens is 432 g/mol. The minimum atomic E-state index is -1.94. The van der Waals surface area contributed by atoms with Crippen molar-refractivity contribution in [2.75, 3.05) is 0 Å². The molecule has 0 saturated carbocycles. The van der Waals surface area contributed by atoms with Crippen molar-refractivity contribution in [2.24, 2.45) is 5.73 Å². The van der Waals surface area contributed by atoms with Crippen LogP contribution in [0.4, 0.5) is 0 Å². The Hall–Kier alpha value is -3.88. The SMILES string of the molecule is C[C@]12OC(C[C@@]1(O)C(N)=O)n1c3ccccc3c3c4c(c5c6ccccc6n2c5c31)CNC4=O. The van der Waals surface area contributed by atoms with E-state index in [1.54, 1.807) is 6.92 Å². The van der Waals surface area contributed by atoms with Crippen LogP contribution in [0.5, 0.6) is 0 Å². The maximum atomic E-state index is 13.2. The van der Waals surface area contributed by atoms with Gasteiger partial charge in [0.25, 0.3) is 11.8 Å². The highest BCUT2D eigenvalue weighted by Gasteiger charge is 2.64. The molecule has 1 saturated heterocycles. The molecule has 0 aliphatic carbocycles. The lowest BCUT2D eigenvalue weighted by molar-refractivity contribution is -0.184. The van der Waals surface area contributed by atoms with Crippen molar-refractivity contribution in [2.45, 2.75) is 37.4 Å². The van der Waals surface area contributed by atoms with E-state index >= 15 is 0 Å². The minimum Gasteiger partial charge on any atom is -0.376 e. The topological polar surface area (TPSA) is 112 Å². The first kappa shape index (κ1) is 18.5. The normalized spacial score (nSPS) is 27.2. The summed E-state index contributed by atoms with van der Waals surface area (Å²) in [6.45, 7) is 2.15. The molecule has 1 fully saturated rings. The first-order valence-corrected chi connectivity index (χ1v) is 11.4. The fourth-order valence-corrected chi connectivity index (χ4v) is 6.78. The molecule has 168 valence electrons. The van der Waals surface area contributed by atoms with Crippen molar-refractivity contribution in [1.29, 1.82) is 0 Å². The number of benzene rings is 3. The van der Waals surface area contributed by atoms with Crippen molar-refractivity contribution < 1.29 is 19.4 Å². The molecule has 34 heavy (non-hydrogen) atoms. The predicted octanol–water partition coefficient (Wildman–Crippen LogP) is 2.97. The second-order valence-electron chi connectivity index (χ2n) is 9.71. The minimum absolute atomic E-state index is 0.00330. The number of nitrogens with one attached hydrogen (secondary N) is 1. The van der Waals surface area contributed by atoms with Crippen LogP contribution in [0.25, 0.3) is 43.6 Å². The van der Waals surface area contributed by atoms with Gasteiger partial charge < -0.3 is 30.0 Å². The number of amides is 2. The summed E-state index contributed by atoms with van der Waals surface area (Å²) in [5.74, 6) is -0.913. The van der Waals surface area contributed by atoms with Gasteiger partial charge >= 0.3 is 0 Å². The van der Waals surface area contributed by atoms with Crippen molar-refractivity contribution >= 4 is 55.4 Å². The van der Waals surface area contributed by atoms with Gasteiger partial charge in [-0.2, -0.15) is 0 Å². The third-order valence-electron chi connectivity index (χ3n) is 8.24. The van der Waals surface area contributed by atoms with Gasteiger partial charge in [0.05, 0.1) is 27.6 Å². The van der Waals surface area contributed by atoms with Crippen LogP contribution < -0.4 is 11.1 Å². The molecule has 3 aromatic carbocycles. The number of nitrogens with zero attached hydrogens (tertiary/aromatic N) is 2. The third-order valence-corrected chi connectivity index (χ3v) is 8.24. The smallest absolute Gasteiger partial charge is 0.254 e. The van der Waals surface area contributed by atoms with Crippen LogP contribution >= 0.6 is 0 Å². The van der Waals surface area contributed by atoms with Gasteiger partial charge in [0.2, 0.25) is 0 Å². The van der Waals surface area contributed by atoms with E-state index in [4.69, 9.17) is 10.5 Å². The van der Waals surface area contributed by atoms with E-state index in [9.17, 15) is 14.7 Å². The van der Waals surface area contributed by atoms with E-state index < -0.39 is 23.5 Å². The molecule has 3 atom stereocenters. The number of para-hydroxylation sites is 2. The second-order valence-corrected chi connectivity index (χ2v) is 9.71. The number of fused-ring (bicyclic) bond motifs is 13. The highest BCUT2D eigenvalue weighted by molar-refractivity contribution is 6.31. The van der Waals surface area contributed by atoms with Gasteiger partial charge in [-0.25, -0.2) is 0 Å². The highest BCUT2D eigenvalue weighted by Crippen LogP contribution is 2.57. The summed E-state index contributed by atoms with van der Waals surface area (Å²) in [6, 6.07) is 15.7. The molecule has 0 radical (unpaired) electrons. The number of primary amides is 1. The number of hydrogen-bond donors (Lipinski definition) is 3. The van der Waals surface area contributed by atoms with E-state index in [1.807, 2.05) is 57.7 Å². The number of aliphatic hydroxyl groups is 1. The van der Waals surface area contributed by atoms with Crippen LogP contribution in [0.2, 0.25) is 0 Å². The van der Waals surface area contributed by atoms with E-state index in [2.05, 4.69) is 5.32 Å². The Morgan fingerprint density at radius 2 is 1.76 bits per heavy atom. The Balaban J connectivity index is 1.77. The summed E-state index contributed by atoms with van der Waals surface area (Å²) < 4.78 is 10.6. The standard InChI is InChI=1S/C26H20N4O4/c1-25-26(33,24(27)32)10-17(34-25)29-15-8-4-2-6-12(15)19-20-14(11-28-23(20)31)18-13-7-3-5-9-16(13)30(25)22(18)21(19)29/h2-9,17,33H,10-11H2,1H3,(H2,27,32)(H,28,31)/t17?,25-,26+/m0/s1. The maximum absolute atomic E-state index is 13.2. The number of nitrogens with two attached hydrogens (primary N) is 1. The Morgan fingerprint density at radius 3 is 2.50 bits per heavy atom. The Kier molecular flexibility index (Phi) is 2.96. The van der Waals surface area contributed by atoms with E-state index in [-0.39, 0.29) is 12.3 Å². The largest absolute Gasteiger partial charge is 0.376 e. The van der Waals surface area contributed by atoms with Crippen LogP contribution in [0.1, 0.15) is 35.5 Å². The number of carbonyl (C=O) groups excluding carboxylic acids is 2. The molecule has 5 aromatic rings. The van der Waals surface area contributed by atoms with E-state index in [1.165, 1.54) is 0 Å². The van der Waals surface area contributed by atoms with Gasteiger partial charge in [-0.1, -0.05) is 36.4 Å². The average Bonchev–Trinajstić information content (AvgIpc) is 3.51. The zero-order valence-corrected chi connectivity index (χ0v) is 18.3. The maximum Gasteiger partial charge on any atom is 0.254 e. The summed E-state index contributed by atoms with van der Waals surface area (Å²) in [5.41, 5.74) is 7.48. The molecular formula is C26H20N4O4. The summed E-state index contributed by atoms with van der Waals surface area (Å²) in [5, 5.41) is 18.5. The molecule has 3 aliphatic rings. The average molecular weight is 452 g/mol. The first-order valence-electron chi connectivity index (χ1n) is 11.4. The fourth-order valence-electron chi connectivity index (χ4n) is 6.78. The highest BCUT2D eigenvalue weighted by atomic mass is 16.6. The van der Waals surface area contributed by atoms with Gasteiger partial charge in [-0.15, -0.1) is 0 Å². The molecule has 2 aromatic heterocycles. The quantitative estimate of drug-likeness (QED) is 0.363. The molecule has 8 heteroatoms. The molecule has 1 unspecified atom stereocenters. The molecule has 3 aliphatic heterocycles. The van der Waals surface area contributed by atoms with E-state index in [0.29, 0.717) is 12.1 Å². The third kappa shape index (κ3) is 1.71. The van der Waals surface area contributed by atoms with Crippen LogP contribution in [-0.2, 0) is 21.8 Å². The van der Waals surface area contributed by atoms with E-state index in [0.717, 1.165) is 49.2 Å². The van der Waals surface area contributed by atoms with Crippen molar-refractivity contribution in [1.82, 2.24) is 14.5 Å². The van der Waals surface area contributed by atoms with Crippen LogP contribution in [0.3, 0.4) is 0 Å². The van der Waals surface area contributed by atoms with Crippen molar-refractivity contribution in [3.05, 3.63) is 59.7 Å². The number of rotatable bonds is 1. The number of aromatic nitrogens is 2. The zero-order valence-electron chi connectivity index (χ0n) is 18.3. The zero-order chi connectivity index (χ0) is 23.1. The number of carbonyl (C=O) groups is 2. The number of hydrogen-bond acceptors (Lipinski definition) is 4. The van der Waals surface area contributed by atoms with Gasteiger partial charge in [-0.05, 0) is 24.6 Å². The Morgan fingerprint density at radius 1 is 1.09 bits per heavy atom. The monoisotopic (exact) mass is 452 g/mol. The van der Waals surface area contributed by atoms with Gasteiger partial charge in [0.15, 0.2) is 11.3 Å². The summed E-state index contributed by atoms with van der Waals surface area (Å²) in [6.07, 6.45) is -0.641. The first-order chi connectivity index (χ1) is 16.4. The molecule has 2 amide bonds. The van der Waals surface area contributed by atoms with Crippen molar-refractivity contribution in [3.63, 3.8) is 0 Å². The Bertz CT molecular complexity index is 1810. The lowest BCUT2D eigenvalue weighted by Gasteiger charge is -2.37. The molecule has 8 rings (SSSR count). The molecule has 2 bridgehead atoms. The molecule has 0 spiro atoms. The molecule has 4 N–H and O–H groups in total. The van der Waals surface area contributed by atoms with Gasteiger partial charge in [0, 0.05) is 34.5 Å². The fraction of sp³-hybridized carbons (Fsp3) is 0.231. The predicted molar refractivity (Wildman–Crippen MR) is 126 cm³/mol.